The van der Waals surface area contributed by atoms with Crippen molar-refractivity contribution >= 4 is 0 Å². The molecule has 0 spiro atoms. The fraction of sp³-hybridized carbons (Fsp3) is 0. The van der Waals surface area contributed by atoms with Gasteiger partial charge in [0.2, 0.25) is 0 Å². The van der Waals surface area contributed by atoms with E-state index in [2.05, 4.69) is 0 Å². The van der Waals surface area contributed by atoms with Gasteiger partial charge in [-0.05, 0) is 97.1 Å². The maximum absolute atomic E-state index is 8.63. The van der Waals surface area contributed by atoms with Crippen LogP contribution >= 0.6 is 0 Å². The van der Waals surface area contributed by atoms with Crippen molar-refractivity contribution in [2.24, 2.45) is 0 Å². The molecule has 0 radical (unpaired) electrons. The monoisotopic (exact) mass is 1020 g/mol. The van der Waals surface area contributed by atoms with Gasteiger partial charge in [-0.25, -0.2) is 0 Å². The summed E-state index contributed by atoms with van der Waals surface area (Å²) in [4.78, 5) is 0. The van der Waals surface area contributed by atoms with E-state index in [9.17, 15) is 0 Å². The molecule has 0 aliphatic rings. The normalized spacial score (nSPS) is 7.50. The van der Waals surface area contributed by atoms with Crippen LogP contribution in [0.2, 0.25) is 0 Å². The molecule has 0 bridgehead atoms. The zero-order valence-corrected chi connectivity index (χ0v) is 40.9. The van der Waals surface area contributed by atoms with Crippen LogP contribution in [0.3, 0.4) is 0 Å². The largest absolute Gasteiger partial charge is 0.508 e. The van der Waals surface area contributed by atoms with Crippen molar-refractivity contribution in [2.45, 2.75) is 0 Å². The molecule has 0 fully saturated rings. The molecule has 0 aliphatic heterocycles. The van der Waals surface area contributed by atoms with Gasteiger partial charge in [-0.1, -0.05) is 146 Å². The Kier molecular flexibility index (Phi) is 64.3. The van der Waals surface area contributed by atoms with Crippen LogP contribution in [0.15, 0.2) is 243 Å². The predicted molar refractivity (Wildman–Crippen MR) is 239 cm³/mol. The fourth-order valence-electron chi connectivity index (χ4n) is 3.42. The van der Waals surface area contributed by atoms with E-state index < -0.39 is 0 Å². The third-order valence-corrected chi connectivity index (χ3v) is 6.05. The van der Waals surface area contributed by atoms with E-state index in [0.29, 0.717) is 46.0 Å². The Bertz CT molecular complexity index is 1550. The summed E-state index contributed by atoms with van der Waals surface area (Å²) in [6.45, 7) is 0. The number of rotatable bonds is 0. The van der Waals surface area contributed by atoms with Gasteiger partial charge in [0.25, 0.3) is 0 Å². The Balaban J connectivity index is -0.0000000917. The van der Waals surface area contributed by atoms with Gasteiger partial charge in [-0.15, -0.1) is 0 Å². The third kappa shape index (κ3) is 51.2. The zero-order chi connectivity index (χ0) is 40.9. The van der Waals surface area contributed by atoms with Crippen LogP contribution in [0, 0.1) is 0 Å². The summed E-state index contributed by atoms with van der Waals surface area (Å²) < 4.78 is 0. The van der Waals surface area contributed by atoms with E-state index in [1.165, 1.54) is 0 Å². The predicted octanol–water partition coefficient (Wildman–Crippen LogP) is 7.83. The molecule has 0 saturated heterocycles. The van der Waals surface area contributed by atoms with Crippen LogP contribution < -0.4 is 0 Å². The van der Waals surface area contributed by atoms with Crippen molar-refractivity contribution in [1.82, 2.24) is 0 Å². The molecule has 16 N–H and O–H groups in total. The average molecular weight is 1020 g/mol. The fourth-order valence-corrected chi connectivity index (χ4v) is 3.42. The number of phenolic OH excluding ortho intramolecular Hbond substituents is 8. The average Bonchev–Trinajstić information content (AvgIpc) is 3.22. The molecular weight excluding hydrogens is 960 g/mol. The van der Waals surface area contributed by atoms with Crippen molar-refractivity contribution in [3.8, 4) is 46.0 Å². The first-order chi connectivity index (χ1) is 27.2. The number of aromatic hydroxyl groups is 8. The first-order valence-corrected chi connectivity index (χ1v) is 17.1. The summed E-state index contributed by atoms with van der Waals surface area (Å²) in [6, 6.07) is 69.7. The summed E-state index contributed by atoms with van der Waals surface area (Å²) in [6.07, 6.45) is 0. The van der Waals surface area contributed by atoms with Crippen LogP contribution in [0.4, 0.5) is 0 Å². The van der Waals surface area contributed by atoms with E-state index in [1.807, 2.05) is 48.5 Å². The molecule has 8 aromatic rings. The standard InChI is InChI=1S/8C6H6O.4H2O.4Ti/c8*7-6-4-2-1-3-5-6;;;;;;;;/h8*1-5,7H;4*1H2;;;;. The van der Waals surface area contributed by atoms with Crippen LogP contribution in [0.1, 0.15) is 0 Å². The summed E-state index contributed by atoms with van der Waals surface area (Å²) in [5.74, 6) is 2.57. The molecule has 8 rings (SSSR count). The van der Waals surface area contributed by atoms with Crippen molar-refractivity contribution < 1.29 is 150 Å². The second-order valence-electron chi connectivity index (χ2n) is 10.7. The third-order valence-electron chi connectivity index (χ3n) is 6.05. The molecule has 64 heavy (non-hydrogen) atoms. The minimum absolute atomic E-state index is 0. The summed E-state index contributed by atoms with van der Waals surface area (Å²) in [5, 5.41) is 69.1. The Morgan fingerprint density at radius 1 is 0.141 bits per heavy atom. The molecular formula is C48H56O12Ti4. The molecule has 0 aliphatic carbocycles. The van der Waals surface area contributed by atoms with Crippen LogP contribution in [0.25, 0.3) is 0 Å². The number of hydrogen-bond donors (Lipinski definition) is 8. The smallest absolute Gasteiger partial charge is 0.115 e. The minimum atomic E-state index is 0. The maximum Gasteiger partial charge on any atom is 0.115 e. The van der Waals surface area contributed by atoms with Crippen molar-refractivity contribution in [3.63, 3.8) is 0 Å². The maximum atomic E-state index is 8.63. The molecule has 8 aromatic carbocycles. The van der Waals surface area contributed by atoms with Crippen molar-refractivity contribution in [3.05, 3.63) is 243 Å². The Labute approximate surface area is 434 Å². The van der Waals surface area contributed by atoms with Gasteiger partial charge in [0, 0.05) is 86.9 Å². The van der Waals surface area contributed by atoms with Crippen LogP contribution in [-0.4, -0.2) is 62.8 Å². The van der Waals surface area contributed by atoms with Crippen LogP contribution in [-0.2, 0) is 86.9 Å². The summed E-state index contributed by atoms with van der Waals surface area (Å²) in [7, 11) is 0. The first kappa shape index (κ1) is 76.2. The Hall–Kier alpha value is -5.14. The van der Waals surface area contributed by atoms with E-state index in [4.69, 9.17) is 40.9 Å². The van der Waals surface area contributed by atoms with Crippen molar-refractivity contribution in [1.29, 1.82) is 0 Å². The zero-order valence-electron chi connectivity index (χ0n) is 34.7. The van der Waals surface area contributed by atoms with Crippen LogP contribution in [0.5, 0.6) is 46.0 Å². The molecule has 0 heterocycles. The van der Waals surface area contributed by atoms with Gasteiger partial charge in [0.15, 0.2) is 0 Å². The minimum Gasteiger partial charge on any atom is -0.508 e. The number of benzene rings is 8. The molecule has 0 atom stereocenters. The van der Waals surface area contributed by atoms with Gasteiger partial charge in [0.1, 0.15) is 46.0 Å². The van der Waals surface area contributed by atoms with E-state index >= 15 is 0 Å². The second-order valence-corrected chi connectivity index (χ2v) is 10.7. The van der Waals surface area contributed by atoms with Crippen molar-refractivity contribution in [2.75, 3.05) is 0 Å². The van der Waals surface area contributed by atoms with Gasteiger partial charge in [-0.2, -0.15) is 0 Å². The topological polar surface area (TPSA) is 288 Å². The molecule has 16 heteroatoms. The van der Waals surface area contributed by atoms with E-state index in [1.54, 1.807) is 194 Å². The summed E-state index contributed by atoms with van der Waals surface area (Å²) in [5.41, 5.74) is 0. The molecule has 0 amide bonds. The molecule has 0 unspecified atom stereocenters. The number of phenols is 8. The number of hydrogen-bond acceptors (Lipinski definition) is 8. The first-order valence-electron chi connectivity index (χ1n) is 17.1. The van der Waals surface area contributed by atoms with E-state index in [-0.39, 0.29) is 109 Å². The molecule has 0 saturated carbocycles. The quantitative estimate of drug-likeness (QED) is 0.0691. The number of para-hydroxylation sites is 8. The SMILES string of the molecule is O.O.O.O.Oc1ccccc1.Oc1ccccc1.Oc1ccccc1.Oc1ccccc1.Oc1ccccc1.Oc1ccccc1.Oc1ccccc1.Oc1ccccc1.[Ti].[Ti].[Ti].[Ti]. The Morgan fingerprint density at radius 3 is 0.234 bits per heavy atom. The molecule has 336 valence electrons. The second kappa shape index (κ2) is 54.0. The molecule has 12 nitrogen and oxygen atoms in total. The van der Waals surface area contributed by atoms with Gasteiger partial charge >= 0.3 is 0 Å². The molecule has 0 aromatic heterocycles. The van der Waals surface area contributed by atoms with Gasteiger partial charge < -0.3 is 62.8 Å². The van der Waals surface area contributed by atoms with Gasteiger partial charge in [-0.3, -0.25) is 0 Å². The Morgan fingerprint density at radius 2 is 0.203 bits per heavy atom. The van der Waals surface area contributed by atoms with E-state index in [0.717, 1.165) is 0 Å². The summed E-state index contributed by atoms with van der Waals surface area (Å²) >= 11 is 0. The van der Waals surface area contributed by atoms with Gasteiger partial charge in [0.05, 0.1) is 0 Å².